The molecule has 7 nitrogen and oxygen atoms in total. The summed E-state index contributed by atoms with van der Waals surface area (Å²) < 4.78 is 41.3. The van der Waals surface area contributed by atoms with E-state index in [0.29, 0.717) is 13.2 Å². The largest absolute Gasteiger partial charge is 0.382 e. The number of benzene rings is 2. The summed E-state index contributed by atoms with van der Waals surface area (Å²) in [6.07, 6.45) is 6.01. The van der Waals surface area contributed by atoms with Crippen molar-refractivity contribution >= 4 is 30.2 Å². The van der Waals surface area contributed by atoms with Crippen molar-refractivity contribution in [3.05, 3.63) is 84.0 Å². The summed E-state index contributed by atoms with van der Waals surface area (Å²) in [6.45, 7) is 6.00. The van der Waals surface area contributed by atoms with Crippen LogP contribution in [0.4, 0.5) is 14.5 Å². The van der Waals surface area contributed by atoms with E-state index in [1.807, 2.05) is 36.4 Å². The normalized spacial score (nSPS) is 21.0. The molecule has 1 saturated heterocycles. The molecule has 2 unspecified atom stereocenters. The van der Waals surface area contributed by atoms with Crippen LogP contribution in [0.1, 0.15) is 18.1 Å². The van der Waals surface area contributed by atoms with Gasteiger partial charge in [-0.05, 0) is 36.6 Å². The zero-order chi connectivity index (χ0) is 24.8. The van der Waals surface area contributed by atoms with Gasteiger partial charge in [0.05, 0.1) is 30.7 Å². The van der Waals surface area contributed by atoms with Crippen molar-refractivity contribution in [2.75, 3.05) is 13.2 Å². The monoisotopic (exact) mass is 500 g/mol. The molecule has 0 spiro atoms. The van der Waals surface area contributed by atoms with E-state index in [1.165, 1.54) is 35.2 Å². The Hall–Kier alpha value is -2.92. The highest BCUT2D eigenvalue weighted by Gasteiger charge is 2.41. The Morgan fingerprint density at radius 1 is 1.26 bits per heavy atom. The molecule has 3 aromatic rings. The summed E-state index contributed by atoms with van der Waals surface area (Å²) in [4.78, 5) is 7.76. The minimum atomic E-state index is -1.68. The van der Waals surface area contributed by atoms with E-state index in [4.69, 9.17) is 9.47 Å². The predicted molar refractivity (Wildman–Crippen MR) is 131 cm³/mol. The highest BCUT2D eigenvalue weighted by atomic mass is 32.2. The molecule has 0 bridgehead atoms. The highest BCUT2D eigenvalue weighted by Crippen LogP contribution is 2.38. The molecule has 35 heavy (non-hydrogen) atoms. The van der Waals surface area contributed by atoms with Gasteiger partial charge in [-0.15, -0.1) is 11.8 Å². The minimum Gasteiger partial charge on any atom is -0.382 e. The van der Waals surface area contributed by atoms with Gasteiger partial charge < -0.3 is 14.6 Å². The molecule has 0 saturated carbocycles. The predicted octanol–water partition coefficient (Wildman–Crippen LogP) is 4.35. The minimum absolute atomic E-state index is 0.00877. The second-order valence-electron chi connectivity index (χ2n) is 8.19. The molecule has 10 heteroatoms. The second kappa shape index (κ2) is 11.2. The summed E-state index contributed by atoms with van der Waals surface area (Å²) in [5, 5.41) is 15.1. The number of aromatic nitrogens is 3. The Morgan fingerprint density at radius 3 is 2.63 bits per heavy atom. The van der Waals surface area contributed by atoms with Gasteiger partial charge in [-0.1, -0.05) is 31.2 Å². The Kier molecular flexibility index (Phi) is 8.07. The van der Waals surface area contributed by atoms with Crippen LogP contribution < -0.4 is 0 Å². The Balaban J connectivity index is 1.40. The second-order valence-corrected chi connectivity index (χ2v) is 9.83. The van der Waals surface area contributed by atoms with Gasteiger partial charge >= 0.3 is 0 Å². The average molecular weight is 501 g/mol. The van der Waals surface area contributed by atoms with Crippen molar-refractivity contribution in [2.24, 2.45) is 4.99 Å². The first kappa shape index (κ1) is 25.2. The lowest BCUT2D eigenvalue weighted by molar-refractivity contribution is -0.146. The number of halogens is 2. The van der Waals surface area contributed by atoms with Crippen LogP contribution in [0, 0.1) is 11.6 Å². The van der Waals surface area contributed by atoms with Gasteiger partial charge in [0.1, 0.15) is 29.9 Å². The van der Waals surface area contributed by atoms with Gasteiger partial charge in [-0.2, -0.15) is 5.10 Å². The topological polar surface area (TPSA) is 81.8 Å². The zero-order valence-corrected chi connectivity index (χ0v) is 19.9. The third-order valence-electron chi connectivity index (χ3n) is 5.75. The third kappa shape index (κ3) is 6.21. The fourth-order valence-corrected chi connectivity index (χ4v) is 5.12. The molecule has 2 aromatic carbocycles. The molecule has 4 rings (SSSR count). The van der Waals surface area contributed by atoms with Crippen LogP contribution in [0.25, 0.3) is 6.08 Å². The van der Waals surface area contributed by atoms with E-state index in [2.05, 4.69) is 21.8 Å². The van der Waals surface area contributed by atoms with Crippen LogP contribution in [-0.4, -0.2) is 56.6 Å². The number of rotatable bonds is 9. The van der Waals surface area contributed by atoms with Crippen LogP contribution >= 0.6 is 11.8 Å². The molecule has 1 aliphatic heterocycles. The maximum absolute atomic E-state index is 14.7. The number of hydrogen-bond donors (Lipinski definition) is 1. The molecule has 1 N–H and O–H groups in total. The number of hydrogen-bond acceptors (Lipinski definition) is 7. The first-order chi connectivity index (χ1) is 16.9. The molecule has 0 aliphatic carbocycles. The maximum atomic E-state index is 14.7. The fraction of sp³-hybridized carbons (Fsp3) is 0.320. The van der Waals surface area contributed by atoms with Gasteiger partial charge in [0, 0.05) is 16.9 Å². The summed E-state index contributed by atoms with van der Waals surface area (Å²) >= 11 is 1.42. The Labute approximate surface area is 206 Å². The summed E-state index contributed by atoms with van der Waals surface area (Å²) in [5.74, 6) is -1.53. The van der Waals surface area contributed by atoms with Crippen molar-refractivity contribution in [3.8, 4) is 0 Å². The molecule has 184 valence electrons. The first-order valence-corrected chi connectivity index (χ1v) is 12.0. The van der Waals surface area contributed by atoms with Gasteiger partial charge in [-0.25, -0.2) is 18.4 Å². The molecule has 2 atom stereocenters. The number of aliphatic imine (C=N–C) groups is 1. The molecule has 2 heterocycles. The van der Waals surface area contributed by atoms with E-state index in [-0.39, 0.29) is 17.4 Å². The molecule has 1 aromatic heterocycles. The van der Waals surface area contributed by atoms with E-state index in [1.54, 1.807) is 6.92 Å². The van der Waals surface area contributed by atoms with Crippen molar-refractivity contribution in [3.63, 3.8) is 0 Å². The molecule has 0 radical (unpaired) electrons. The average Bonchev–Trinajstić information content (AvgIpc) is 3.36. The molecule has 1 aliphatic rings. The number of thioether (sulfide) groups is 1. The summed E-state index contributed by atoms with van der Waals surface area (Å²) in [5.41, 5.74) is 0.0877. The molecular formula is C25H26F2N4O3S. The van der Waals surface area contributed by atoms with E-state index in [0.717, 1.165) is 23.4 Å². The molecule has 0 amide bonds. The first-order valence-electron chi connectivity index (χ1n) is 11.0. The number of nitrogens with zero attached hydrogens (tertiary/aromatic N) is 4. The molecule has 1 fully saturated rings. The zero-order valence-electron chi connectivity index (χ0n) is 19.1. The van der Waals surface area contributed by atoms with Crippen LogP contribution in [0.2, 0.25) is 0 Å². The lowest BCUT2D eigenvalue weighted by Crippen LogP contribution is -2.43. The van der Waals surface area contributed by atoms with Gasteiger partial charge in [-0.3, -0.25) is 4.99 Å². The van der Waals surface area contributed by atoms with Crippen molar-refractivity contribution < 1.29 is 23.4 Å². The van der Waals surface area contributed by atoms with Gasteiger partial charge in [0.25, 0.3) is 0 Å². The van der Waals surface area contributed by atoms with E-state index < -0.39 is 28.8 Å². The Bertz CT molecular complexity index is 1150. The smallest absolute Gasteiger partial charge is 0.177 e. The molecular weight excluding hydrogens is 474 g/mol. The summed E-state index contributed by atoms with van der Waals surface area (Å²) in [6, 6.07) is 10.8. The SMILES string of the molecule is C=Nc1ccc(/C=C/C2OCC(SC(C)C(O)(Cn3cncn3)c3ccc(F)cc3F)CO2)cc1. The van der Waals surface area contributed by atoms with Gasteiger partial charge in [0.2, 0.25) is 0 Å². The fourth-order valence-electron chi connectivity index (χ4n) is 3.81. The lowest BCUT2D eigenvalue weighted by Gasteiger charge is -2.37. The van der Waals surface area contributed by atoms with E-state index in [9.17, 15) is 13.9 Å². The number of ether oxygens (including phenoxy) is 2. The lowest BCUT2D eigenvalue weighted by atomic mass is 9.90. The third-order valence-corrected chi connectivity index (χ3v) is 7.21. The quantitative estimate of drug-likeness (QED) is 0.440. The van der Waals surface area contributed by atoms with Crippen LogP contribution in [0.15, 0.2) is 66.2 Å². The number of aliphatic hydroxyl groups is 1. The standard InChI is InChI=1S/C25H26F2N4O3S/c1-17(25(32,14-31-16-29-15-30-31)22-9-6-19(26)11-23(22)27)35-21-12-33-24(34-13-21)10-5-18-3-7-20(28-2)8-4-18/h3-11,15-17,21,24,32H,2,12-14H2,1H3/b10-5+. The van der Waals surface area contributed by atoms with Crippen LogP contribution in [-0.2, 0) is 21.6 Å². The van der Waals surface area contributed by atoms with Gasteiger partial charge in [0.15, 0.2) is 6.29 Å². The highest BCUT2D eigenvalue weighted by molar-refractivity contribution is 8.00. The van der Waals surface area contributed by atoms with E-state index >= 15 is 0 Å². The van der Waals surface area contributed by atoms with Crippen molar-refractivity contribution in [1.29, 1.82) is 0 Å². The Morgan fingerprint density at radius 2 is 2.00 bits per heavy atom. The maximum Gasteiger partial charge on any atom is 0.177 e. The summed E-state index contributed by atoms with van der Waals surface area (Å²) in [7, 11) is 0. The van der Waals surface area contributed by atoms with Crippen molar-refractivity contribution in [1.82, 2.24) is 14.8 Å². The van der Waals surface area contributed by atoms with Crippen LogP contribution in [0.3, 0.4) is 0 Å². The van der Waals surface area contributed by atoms with Crippen LogP contribution in [0.5, 0.6) is 0 Å². The van der Waals surface area contributed by atoms with Crippen molar-refractivity contribution in [2.45, 2.75) is 35.9 Å².